The molecule has 4 rings (SSSR count). The Morgan fingerprint density at radius 1 is 1.05 bits per heavy atom. The van der Waals surface area contributed by atoms with E-state index >= 15 is 0 Å². The predicted molar refractivity (Wildman–Crippen MR) is 143 cm³/mol. The van der Waals surface area contributed by atoms with Crippen molar-refractivity contribution in [2.24, 2.45) is 5.92 Å². The van der Waals surface area contributed by atoms with Gasteiger partial charge in [0, 0.05) is 49.9 Å². The van der Waals surface area contributed by atoms with Crippen LogP contribution in [0.2, 0.25) is 0 Å². The van der Waals surface area contributed by atoms with E-state index in [0.29, 0.717) is 38.4 Å². The van der Waals surface area contributed by atoms with Crippen molar-refractivity contribution in [2.75, 3.05) is 50.0 Å². The van der Waals surface area contributed by atoms with Crippen LogP contribution < -0.4 is 15.4 Å². The van der Waals surface area contributed by atoms with Crippen molar-refractivity contribution in [1.82, 2.24) is 24.8 Å². The molecule has 0 spiro atoms. The Morgan fingerprint density at radius 2 is 1.78 bits per heavy atom. The molecule has 1 atom stereocenters. The van der Waals surface area contributed by atoms with Gasteiger partial charge in [0.05, 0.1) is 6.54 Å². The zero-order chi connectivity index (χ0) is 29.6. The Balaban J connectivity index is 1.41. The first-order valence-electron chi connectivity index (χ1n) is 13.9. The molecule has 0 aliphatic carbocycles. The lowest BCUT2D eigenvalue weighted by molar-refractivity contribution is -0.154. The van der Waals surface area contributed by atoms with Gasteiger partial charge in [-0.1, -0.05) is 26.0 Å². The highest BCUT2D eigenvalue weighted by molar-refractivity contribution is 5.78. The van der Waals surface area contributed by atoms with Crippen LogP contribution in [0.1, 0.15) is 51.5 Å². The molecule has 226 valence electrons. The van der Waals surface area contributed by atoms with E-state index in [1.807, 2.05) is 4.90 Å². The van der Waals surface area contributed by atoms with Gasteiger partial charge in [-0.3, -0.25) is 9.69 Å². The average molecular weight is 586 g/mol. The molecule has 1 aromatic carbocycles. The summed E-state index contributed by atoms with van der Waals surface area (Å²) < 4.78 is 71.5. The summed E-state index contributed by atoms with van der Waals surface area (Å²) in [5.41, 5.74) is 0.0154. The van der Waals surface area contributed by atoms with Crippen molar-refractivity contribution >= 4 is 23.5 Å². The molecule has 2 fully saturated rings. The molecule has 1 aromatic heterocycles. The monoisotopic (exact) mass is 585 g/mol. The number of hydrogen-bond donors (Lipinski definition) is 2. The Bertz CT molecular complexity index is 1170. The number of carbonyl (C=O) groups excluding carboxylic acids is 1. The summed E-state index contributed by atoms with van der Waals surface area (Å²) in [5.74, 6) is -2.57. The number of halogens is 5. The highest BCUT2D eigenvalue weighted by atomic mass is 19.4. The lowest BCUT2D eigenvalue weighted by Gasteiger charge is -2.35. The second-order valence-corrected chi connectivity index (χ2v) is 10.7. The molecule has 2 aromatic rings. The minimum absolute atomic E-state index is 0.00783. The smallest absolute Gasteiger partial charge is 0.422 e. The Morgan fingerprint density at radius 3 is 2.46 bits per heavy atom. The summed E-state index contributed by atoms with van der Waals surface area (Å²) in [6.45, 7) is 5.16. The highest BCUT2D eigenvalue weighted by Gasteiger charge is 2.31. The molecule has 41 heavy (non-hydrogen) atoms. The Hall–Kier alpha value is -3.29. The number of hydrogen-bond acceptors (Lipinski definition) is 8. The summed E-state index contributed by atoms with van der Waals surface area (Å²) in [6, 6.07) is 4.82. The van der Waals surface area contributed by atoms with Crippen molar-refractivity contribution in [1.29, 1.82) is 0 Å². The number of alkyl halides is 5. The second kappa shape index (κ2) is 13.1. The zero-order valence-corrected chi connectivity index (χ0v) is 23.2. The Labute approximate surface area is 235 Å². The van der Waals surface area contributed by atoms with Gasteiger partial charge < -0.3 is 20.3 Å². The molecular formula is C27H36F5N7O2. The van der Waals surface area contributed by atoms with Crippen molar-refractivity contribution < 1.29 is 31.5 Å². The molecule has 2 aliphatic heterocycles. The molecule has 3 heterocycles. The van der Waals surface area contributed by atoms with E-state index in [-0.39, 0.29) is 35.1 Å². The van der Waals surface area contributed by atoms with E-state index in [1.54, 1.807) is 0 Å². The number of anilines is 3. The van der Waals surface area contributed by atoms with Gasteiger partial charge in [-0.15, -0.1) is 0 Å². The number of nitrogens with zero attached hydrogens (tertiary/aromatic N) is 5. The second-order valence-electron chi connectivity index (χ2n) is 10.7. The molecule has 2 saturated heterocycles. The summed E-state index contributed by atoms with van der Waals surface area (Å²) >= 11 is 0. The third kappa shape index (κ3) is 9.10. The molecular weight excluding hydrogens is 549 g/mol. The van der Waals surface area contributed by atoms with Crippen molar-refractivity contribution in [3.8, 4) is 6.01 Å². The van der Waals surface area contributed by atoms with Crippen LogP contribution in [0.5, 0.6) is 6.01 Å². The number of rotatable bonds is 10. The first kappa shape index (κ1) is 30.7. The average Bonchev–Trinajstić information content (AvgIpc) is 2.93. The predicted octanol–water partition coefficient (Wildman–Crippen LogP) is 5.19. The molecule has 9 nitrogen and oxygen atoms in total. The van der Waals surface area contributed by atoms with Gasteiger partial charge in [-0.05, 0) is 43.7 Å². The minimum atomic E-state index is -4.61. The number of carbonyl (C=O) groups is 1. The van der Waals surface area contributed by atoms with Crippen molar-refractivity contribution in [3.63, 3.8) is 0 Å². The maximum atomic E-state index is 14.2. The number of piperidine rings is 2. The number of ether oxygens (including phenoxy) is 1. The van der Waals surface area contributed by atoms with E-state index in [2.05, 4.69) is 37.4 Å². The van der Waals surface area contributed by atoms with Crippen LogP contribution in [0.15, 0.2) is 24.3 Å². The van der Waals surface area contributed by atoms with Gasteiger partial charge >= 0.3 is 12.2 Å². The van der Waals surface area contributed by atoms with Crippen LogP contribution in [0, 0.1) is 5.92 Å². The third-order valence-corrected chi connectivity index (χ3v) is 7.25. The lowest BCUT2D eigenvalue weighted by Crippen LogP contribution is -2.47. The van der Waals surface area contributed by atoms with E-state index in [1.165, 1.54) is 31.2 Å². The molecule has 1 amide bonds. The van der Waals surface area contributed by atoms with Gasteiger partial charge in [0.1, 0.15) is 0 Å². The maximum Gasteiger partial charge on any atom is 0.422 e. The number of aromatic nitrogens is 3. The molecule has 2 N–H and O–H groups in total. The van der Waals surface area contributed by atoms with Gasteiger partial charge in [-0.2, -0.15) is 28.1 Å². The van der Waals surface area contributed by atoms with E-state index in [4.69, 9.17) is 4.74 Å². The van der Waals surface area contributed by atoms with Crippen LogP contribution in [0.25, 0.3) is 0 Å². The molecule has 14 heteroatoms. The number of nitrogens with one attached hydrogen (secondary N) is 2. The standard InChI is InChI=1S/C27H36F5N7O2/c1-3-26(28,29)19-7-4-8-21(14-19)34-24-35-23(36-25(37-24)41-17-27(30,31)32)33-20-9-12-38(13-10-20)16-22(40)39-11-5-6-18(2)15-39/h4,7-8,14,18,20H,3,5-6,9-13,15-17H2,1-2H3,(H2,33,34,35,36,37). The van der Waals surface area contributed by atoms with Gasteiger partial charge in [0.2, 0.25) is 17.8 Å². The van der Waals surface area contributed by atoms with Gasteiger partial charge in [-0.25, -0.2) is 8.78 Å². The number of amides is 1. The largest absolute Gasteiger partial charge is 0.454 e. The topological polar surface area (TPSA) is 95.5 Å². The quantitative estimate of drug-likeness (QED) is 0.368. The van der Waals surface area contributed by atoms with Gasteiger partial charge in [0.25, 0.3) is 5.92 Å². The van der Waals surface area contributed by atoms with Crippen LogP contribution >= 0.6 is 0 Å². The minimum Gasteiger partial charge on any atom is -0.454 e. The van der Waals surface area contributed by atoms with Crippen LogP contribution in [0.3, 0.4) is 0 Å². The summed E-state index contributed by atoms with van der Waals surface area (Å²) in [6.07, 6.45) is -1.52. The fourth-order valence-corrected chi connectivity index (χ4v) is 4.97. The summed E-state index contributed by atoms with van der Waals surface area (Å²) in [4.78, 5) is 28.9. The van der Waals surface area contributed by atoms with Gasteiger partial charge in [0.15, 0.2) is 6.61 Å². The third-order valence-electron chi connectivity index (χ3n) is 7.25. The first-order valence-corrected chi connectivity index (χ1v) is 13.9. The normalized spacial score (nSPS) is 19.2. The Kier molecular flexibility index (Phi) is 9.82. The maximum absolute atomic E-state index is 14.2. The zero-order valence-electron chi connectivity index (χ0n) is 23.2. The van der Waals surface area contributed by atoms with E-state index in [0.717, 1.165) is 25.9 Å². The fraction of sp³-hybridized carbons (Fsp3) is 0.630. The van der Waals surface area contributed by atoms with Crippen LogP contribution in [0.4, 0.5) is 39.5 Å². The molecule has 1 unspecified atom stereocenters. The van der Waals surface area contributed by atoms with Crippen LogP contribution in [-0.4, -0.2) is 82.2 Å². The molecule has 2 aliphatic rings. The lowest BCUT2D eigenvalue weighted by atomic mass is 10.00. The van der Waals surface area contributed by atoms with E-state index < -0.39 is 31.1 Å². The fourth-order valence-electron chi connectivity index (χ4n) is 4.97. The molecule has 0 radical (unpaired) electrons. The number of benzene rings is 1. The van der Waals surface area contributed by atoms with E-state index in [9.17, 15) is 26.7 Å². The summed E-state index contributed by atoms with van der Waals surface area (Å²) in [7, 11) is 0. The van der Waals surface area contributed by atoms with Crippen molar-refractivity contribution in [2.45, 2.75) is 64.1 Å². The highest BCUT2D eigenvalue weighted by Crippen LogP contribution is 2.33. The SMILES string of the molecule is CCC(F)(F)c1cccc(Nc2nc(NC3CCN(CC(=O)N4CCCC(C)C4)CC3)nc(OCC(F)(F)F)n2)c1. The molecule has 0 bridgehead atoms. The number of likely N-dealkylation sites (tertiary alicyclic amines) is 2. The first-order chi connectivity index (χ1) is 19.4. The van der Waals surface area contributed by atoms with Crippen molar-refractivity contribution in [3.05, 3.63) is 29.8 Å². The summed E-state index contributed by atoms with van der Waals surface area (Å²) in [5, 5.41) is 5.90. The van der Waals surface area contributed by atoms with Crippen LogP contribution in [-0.2, 0) is 10.7 Å². The molecule has 0 saturated carbocycles.